The van der Waals surface area contributed by atoms with Gasteiger partial charge < -0.3 is 10.2 Å². The van der Waals surface area contributed by atoms with Crippen LogP contribution in [-0.4, -0.2) is 57.4 Å². The number of carbonyl (C=O) groups is 1. The highest BCUT2D eigenvalue weighted by atomic mass is 79.9. The van der Waals surface area contributed by atoms with Crippen molar-refractivity contribution in [2.24, 2.45) is 0 Å². The average molecular weight is 397 g/mol. The molecule has 2 aliphatic rings. The number of aryl methyl sites for hydroxylation is 1. The third-order valence-corrected chi connectivity index (χ3v) is 6.18. The van der Waals surface area contributed by atoms with Gasteiger partial charge in [0.1, 0.15) is 12.3 Å². The summed E-state index contributed by atoms with van der Waals surface area (Å²) in [6.07, 6.45) is 2.34. The minimum absolute atomic E-state index is 0.173. The number of hydrogen-bond acceptors (Lipinski definition) is 4. The molecular formula is C18H25BrN2O3. The summed E-state index contributed by atoms with van der Waals surface area (Å²) >= 11 is 3.53. The van der Waals surface area contributed by atoms with Gasteiger partial charge in [0.15, 0.2) is 0 Å². The lowest BCUT2D eigenvalue weighted by atomic mass is 10.0. The normalized spacial score (nSPS) is 26.8. The summed E-state index contributed by atoms with van der Waals surface area (Å²) in [5.74, 6) is -0.806. The lowest BCUT2D eigenvalue weighted by Crippen LogP contribution is -2.51. The van der Waals surface area contributed by atoms with Crippen LogP contribution in [0.4, 0.5) is 0 Å². The monoisotopic (exact) mass is 396 g/mol. The molecule has 0 radical (unpaired) electrons. The van der Waals surface area contributed by atoms with E-state index < -0.39 is 18.2 Å². The summed E-state index contributed by atoms with van der Waals surface area (Å²) in [5, 5.41) is 19.5. The van der Waals surface area contributed by atoms with E-state index in [1.807, 2.05) is 4.90 Å². The molecule has 5 nitrogen and oxygen atoms in total. The Hall–Kier alpha value is -0.950. The first kappa shape index (κ1) is 17.9. The smallest absolute Gasteiger partial charge is 0.321 e. The van der Waals surface area contributed by atoms with E-state index >= 15 is 0 Å². The SMILES string of the molecule is Cc1cc(CN2CCC(N3C(O)CC[C@@H]3C(=O)O)CC2)ccc1Br. The number of rotatable bonds is 4. The number of aliphatic carboxylic acids is 1. The van der Waals surface area contributed by atoms with Gasteiger partial charge in [0.25, 0.3) is 0 Å². The van der Waals surface area contributed by atoms with Gasteiger partial charge in [-0.1, -0.05) is 28.1 Å². The van der Waals surface area contributed by atoms with E-state index in [2.05, 4.69) is 46.0 Å². The zero-order valence-electron chi connectivity index (χ0n) is 14.0. The molecule has 1 aromatic rings. The third kappa shape index (κ3) is 3.82. The van der Waals surface area contributed by atoms with E-state index in [1.165, 1.54) is 11.1 Å². The maximum atomic E-state index is 11.4. The van der Waals surface area contributed by atoms with Crippen LogP contribution in [0.1, 0.15) is 36.8 Å². The van der Waals surface area contributed by atoms with Crippen molar-refractivity contribution in [3.8, 4) is 0 Å². The van der Waals surface area contributed by atoms with Crippen molar-refractivity contribution >= 4 is 21.9 Å². The Morgan fingerprint density at radius 2 is 1.96 bits per heavy atom. The first-order valence-electron chi connectivity index (χ1n) is 8.61. The highest BCUT2D eigenvalue weighted by molar-refractivity contribution is 9.10. The van der Waals surface area contributed by atoms with Gasteiger partial charge in [-0.25, -0.2) is 0 Å². The van der Waals surface area contributed by atoms with Crippen LogP contribution in [0.25, 0.3) is 0 Å². The molecule has 0 aliphatic carbocycles. The van der Waals surface area contributed by atoms with Gasteiger partial charge in [-0.2, -0.15) is 0 Å². The van der Waals surface area contributed by atoms with Crippen LogP contribution >= 0.6 is 15.9 Å². The second kappa shape index (κ2) is 7.52. The van der Waals surface area contributed by atoms with Gasteiger partial charge in [-0.15, -0.1) is 0 Å². The maximum Gasteiger partial charge on any atom is 0.321 e. The van der Waals surface area contributed by atoms with Crippen LogP contribution in [0.15, 0.2) is 22.7 Å². The van der Waals surface area contributed by atoms with Crippen molar-refractivity contribution in [1.29, 1.82) is 0 Å². The topological polar surface area (TPSA) is 64.0 Å². The van der Waals surface area contributed by atoms with E-state index in [0.717, 1.165) is 36.9 Å². The quantitative estimate of drug-likeness (QED) is 0.818. The molecule has 1 unspecified atom stereocenters. The van der Waals surface area contributed by atoms with Crippen molar-refractivity contribution in [2.45, 2.75) is 57.5 Å². The molecule has 0 aromatic heterocycles. The first-order valence-corrected chi connectivity index (χ1v) is 9.40. The Balaban J connectivity index is 1.57. The van der Waals surface area contributed by atoms with Crippen LogP contribution in [0.3, 0.4) is 0 Å². The van der Waals surface area contributed by atoms with Crippen molar-refractivity contribution in [3.05, 3.63) is 33.8 Å². The molecule has 2 saturated heterocycles. The molecule has 132 valence electrons. The average Bonchev–Trinajstić information content (AvgIpc) is 2.94. The minimum Gasteiger partial charge on any atom is -0.480 e. The molecule has 2 heterocycles. The fourth-order valence-corrected chi connectivity index (χ4v) is 4.25. The molecule has 2 atom stereocenters. The van der Waals surface area contributed by atoms with Crippen LogP contribution in [0, 0.1) is 6.92 Å². The second-order valence-corrected chi connectivity index (χ2v) is 7.80. The maximum absolute atomic E-state index is 11.4. The predicted molar refractivity (Wildman–Crippen MR) is 95.7 cm³/mol. The Kier molecular flexibility index (Phi) is 5.59. The third-order valence-electron chi connectivity index (χ3n) is 5.29. The highest BCUT2D eigenvalue weighted by Crippen LogP contribution is 2.30. The summed E-state index contributed by atoms with van der Waals surface area (Å²) in [6, 6.07) is 6.10. The zero-order valence-corrected chi connectivity index (χ0v) is 15.6. The van der Waals surface area contributed by atoms with Crippen LogP contribution in [0.5, 0.6) is 0 Å². The number of carboxylic acids is 1. The number of benzene rings is 1. The number of hydrogen-bond donors (Lipinski definition) is 2. The lowest BCUT2D eigenvalue weighted by molar-refractivity contribution is -0.147. The molecule has 0 spiro atoms. The van der Waals surface area contributed by atoms with Gasteiger partial charge in [0, 0.05) is 17.1 Å². The highest BCUT2D eigenvalue weighted by Gasteiger charge is 2.41. The Morgan fingerprint density at radius 1 is 1.25 bits per heavy atom. The van der Waals surface area contributed by atoms with E-state index in [0.29, 0.717) is 12.8 Å². The number of aliphatic hydroxyl groups excluding tert-OH is 1. The number of carboxylic acid groups (broad SMARTS) is 1. The van der Waals surface area contributed by atoms with E-state index in [1.54, 1.807) is 0 Å². The van der Waals surface area contributed by atoms with Crippen LogP contribution in [-0.2, 0) is 11.3 Å². The first-order chi connectivity index (χ1) is 11.5. The molecule has 2 fully saturated rings. The summed E-state index contributed by atoms with van der Waals surface area (Å²) in [7, 11) is 0. The number of halogens is 1. The number of nitrogens with zero attached hydrogens (tertiary/aromatic N) is 2. The van der Waals surface area contributed by atoms with Crippen molar-refractivity contribution in [3.63, 3.8) is 0 Å². The van der Waals surface area contributed by atoms with E-state index in [-0.39, 0.29) is 6.04 Å². The fraction of sp³-hybridized carbons (Fsp3) is 0.611. The number of likely N-dealkylation sites (tertiary alicyclic amines) is 2. The molecule has 24 heavy (non-hydrogen) atoms. The van der Waals surface area contributed by atoms with Crippen LogP contribution < -0.4 is 0 Å². The molecule has 6 heteroatoms. The molecule has 2 N–H and O–H groups in total. The second-order valence-electron chi connectivity index (χ2n) is 6.95. The molecule has 3 rings (SSSR count). The summed E-state index contributed by atoms with van der Waals surface area (Å²) in [5.41, 5.74) is 2.55. The van der Waals surface area contributed by atoms with E-state index in [4.69, 9.17) is 0 Å². The molecule has 2 aliphatic heterocycles. The largest absolute Gasteiger partial charge is 0.480 e. The van der Waals surface area contributed by atoms with Gasteiger partial charge in [0.05, 0.1) is 0 Å². The summed E-state index contributed by atoms with van der Waals surface area (Å²) in [6.45, 7) is 4.90. The number of piperidine rings is 1. The summed E-state index contributed by atoms with van der Waals surface area (Å²) < 4.78 is 1.13. The Morgan fingerprint density at radius 3 is 2.58 bits per heavy atom. The predicted octanol–water partition coefficient (Wildman–Crippen LogP) is 2.59. The van der Waals surface area contributed by atoms with Crippen molar-refractivity contribution < 1.29 is 15.0 Å². The minimum atomic E-state index is -0.806. The van der Waals surface area contributed by atoms with Crippen molar-refractivity contribution in [1.82, 2.24) is 9.80 Å². The Labute approximate surface area is 151 Å². The zero-order chi connectivity index (χ0) is 17.3. The lowest BCUT2D eigenvalue weighted by Gasteiger charge is -2.39. The van der Waals surface area contributed by atoms with Gasteiger partial charge in [0.2, 0.25) is 0 Å². The van der Waals surface area contributed by atoms with E-state index in [9.17, 15) is 15.0 Å². The standard InChI is InChI=1S/C18H25BrN2O3/c1-12-10-13(2-3-15(12)19)11-20-8-6-14(7-9-20)21-16(18(23)24)4-5-17(21)22/h2-3,10,14,16-17,22H,4-9,11H2,1H3,(H,23,24)/t16-,17?/m1/s1. The fourth-order valence-electron chi connectivity index (χ4n) is 4.00. The molecule has 0 saturated carbocycles. The molecular weight excluding hydrogens is 372 g/mol. The van der Waals surface area contributed by atoms with Gasteiger partial charge in [-0.05, 0) is 62.9 Å². The van der Waals surface area contributed by atoms with Gasteiger partial charge in [-0.3, -0.25) is 14.6 Å². The molecule has 0 amide bonds. The van der Waals surface area contributed by atoms with Crippen LogP contribution in [0.2, 0.25) is 0 Å². The molecule has 0 bridgehead atoms. The molecule has 1 aromatic carbocycles. The summed E-state index contributed by atoms with van der Waals surface area (Å²) in [4.78, 5) is 15.6. The van der Waals surface area contributed by atoms with Crippen molar-refractivity contribution in [2.75, 3.05) is 13.1 Å². The number of aliphatic hydroxyl groups is 1. The van der Waals surface area contributed by atoms with Gasteiger partial charge >= 0.3 is 5.97 Å². The Bertz CT molecular complexity index is 602.